The van der Waals surface area contributed by atoms with Crippen molar-refractivity contribution in [3.63, 3.8) is 0 Å². The van der Waals surface area contributed by atoms with E-state index in [0.717, 1.165) is 15.3 Å². The number of nitrogen functional groups attached to an aromatic ring is 1. The van der Waals surface area contributed by atoms with Gasteiger partial charge in [-0.05, 0) is 29.8 Å². The number of hydrogen-bond donors (Lipinski definition) is 3. The zero-order valence-corrected chi connectivity index (χ0v) is 11.5. The second-order valence-corrected chi connectivity index (χ2v) is 5.37. The van der Waals surface area contributed by atoms with Gasteiger partial charge in [0.05, 0.1) is 11.5 Å². The molecule has 1 aromatic heterocycles. The highest BCUT2D eigenvalue weighted by Crippen LogP contribution is 2.32. The van der Waals surface area contributed by atoms with Crippen LogP contribution in [0.2, 0.25) is 0 Å². The topological polar surface area (TPSA) is 101 Å². The van der Waals surface area contributed by atoms with Gasteiger partial charge in [-0.2, -0.15) is 0 Å². The number of benzene rings is 1. The van der Waals surface area contributed by atoms with Gasteiger partial charge in [0.1, 0.15) is 5.69 Å². The molecule has 2 rings (SSSR count). The van der Waals surface area contributed by atoms with Crippen molar-refractivity contribution >= 4 is 22.7 Å². The number of anilines is 1. The second-order valence-electron chi connectivity index (χ2n) is 4.20. The number of nitro groups is 1. The molecule has 2 aromatic rings. The van der Waals surface area contributed by atoms with Crippen LogP contribution in [0.25, 0.3) is 10.4 Å². The molecule has 0 amide bonds. The van der Waals surface area contributed by atoms with E-state index >= 15 is 0 Å². The third-order valence-corrected chi connectivity index (χ3v) is 3.89. The highest BCUT2D eigenvalue weighted by atomic mass is 32.1. The Balaban J connectivity index is 2.15. The van der Waals surface area contributed by atoms with Gasteiger partial charge in [-0.25, -0.2) is 0 Å². The van der Waals surface area contributed by atoms with E-state index in [2.05, 4.69) is 5.32 Å². The summed E-state index contributed by atoms with van der Waals surface area (Å²) in [6, 6.07) is 8.69. The van der Waals surface area contributed by atoms with Gasteiger partial charge in [-0.1, -0.05) is 0 Å². The second kappa shape index (κ2) is 6.47. The molecule has 0 bridgehead atoms. The number of nitrogens with two attached hydrogens (primary N) is 1. The number of nitrogens with zero attached hydrogens (tertiary/aromatic N) is 1. The molecule has 6 nitrogen and oxygen atoms in total. The Morgan fingerprint density at radius 3 is 2.80 bits per heavy atom. The zero-order chi connectivity index (χ0) is 14.5. The monoisotopic (exact) mass is 293 g/mol. The van der Waals surface area contributed by atoms with E-state index < -0.39 is 4.92 Å². The molecule has 0 atom stereocenters. The van der Waals surface area contributed by atoms with Gasteiger partial charge < -0.3 is 16.2 Å². The van der Waals surface area contributed by atoms with E-state index in [1.165, 1.54) is 6.07 Å². The van der Waals surface area contributed by atoms with Crippen molar-refractivity contribution < 1.29 is 10.0 Å². The highest BCUT2D eigenvalue weighted by Gasteiger charge is 2.12. The number of thiophene rings is 1. The first-order valence-corrected chi connectivity index (χ1v) is 6.88. The van der Waals surface area contributed by atoms with Crippen molar-refractivity contribution in [3.05, 3.63) is 45.3 Å². The van der Waals surface area contributed by atoms with E-state index in [-0.39, 0.29) is 18.0 Å². The standard InChI is InChI=1S/C13H15N3O3S/c14-11-7-9(1-3-12(11)16(18)19)13-4-2-10(20-13)8-15-5-6-17/h1-4,7,15,17H,5-6,8,14H2. The maximum Gasteiger partial charge on any atom is 0.292 e. The fraction of sp³-hybridized carbons (Fsp3) is 0.231. The van der Waals surface area contributed by atoms with E-state index in [4.69, 9.17) is 10.8 Å². The maximum atomic E-state index is 10.7. The van der Waals surface area contributed by atoms with Crippen molar-refractivity contribution in [1.82, 2.24) is 5.32 Å². The summed E-state index contributed by atoms with van der Waals surface area (Å²) in [4.78, 5) is 12.4. The van der Waals surface area contributed by atoms with Crippen LogP contribution in [0.1, 0.15) is 4.88 Å². The SMILES string of the molecule is Nc1cc(-c2ccc(CNCCO)s2)ccc1[N+](=O)[O-]. The first-order chi connectivity index (χ1) is 9.61. The Labute approximate surface area is 120 Å². The minimum Gasteiger partial charge on any atom is -0.395 e. The van der Waals surface area contributed by atoms with Gasteiger partial charge >= 0.3 is 0 Å². The van der Waals surface area contributed by atoms with Gasteiger partial charge in [0.25, 0.3) is 5.69 Å². The van der Waals surface area contributed by atoms with Gasteiger partial charge in [0, 0.05) is 28.9 Å². The quantitative estimate of drug-likeness (QED) is 0.327. The van der Waals surface area contributed by atoms with Gasteiger partial charge in [-0.15, -0.1) is 11.3 Å². The van der Waals surface area contributed by atoms with Crippen molar-refractivity contribution in [3.8, 4) is 10.4 Å². The van der Waals surface area contributed by atoms with Crippen LogP contribution in [0.5, 0.6) is 0 Å². The van der Waals surface area contributed by atoms with E-state index in [1.54, 1.807) is 23.5 Å². The van der Waals surface area contributed by atoms with Crippen LogP contribution in [0, 0.1) is 10.1 Å². The summed E-state index contributed by atoms with van der Waals surface area (Å²) < 4.78 is 0. The average Bonchev–Trinajstić information content (AvgIpc) is 2.87. The molecule has 106 valence electrons. The molecule has 0 aliphatic carbocycles. The predicted molar refractivity (Wildman–Crippen MR) is 79.6 cm³/mol. The molecular formula is C13H15N3O3S. The molecule has 0 saturated carbocycles. The smallest absolute Gasteiger partial charge is 0.292 e. The third kappa shape index (κ3) is 3.32. The minimum atomic E-state index is -0.488. The molecule has 0 saturated heterocycles. The lowest BCUT2D eigenvalue weighted by molar-refractivity contribution is -0.383. The van der Waals surface area contributed by atoms with E-state index in [0.29, 0.717) is 13.1 Å². The Kier molecular flexibility index (Phi) is 4.67. The van der Waals surface area contributed by atoms with Gasteiger partial charge in [-0.3, -0.25) is 10.1 Å². The fourth-order valence-corrected chi connectivity index (χ4v) is 2.77. The van der Waals surface area contributed by atoms with Crippen LogP contribution in [-0.4, -0.2) is 23.2 Å². The third-order valence-electron chi connectivity index (χ3n) is 2.76. The Bertz CT molecular complexity index is 613. The van der Waals surface area contributed by atoms with Crippen LogP contribution in [0.3, 0.4) is 0 Å². The van der Waals surface area contributed by atoms with Crippen LogP contribution >= 0.6 is 11.3 Å². The lowest BCUT2D eigenvalue weighted by atomic mass is 10.1. The number of aliphatic hydroxyl groups is 1. The van der Waals surface area contributed by atoms with Gasteiger partial charge in [0.2, 0.25) is 0 Å². The number of rotatable bonds is 6. The average molecular weight is 293 g/mol. The van der Waals surface area contributed by atoms with Crippen LogP contribution in [0.4, 0.5) is 11.4 Å². The molecule has 0 unspecified atom stereocenters. The molecule has 20 heavy (non-hydrogen) atoms. The summed E-state index contributed by atoms with van der Waals surface area (Å²) in [5.41, 5.74) is 6.65. The van der Waals surface area contributed by atoms with Crippen LogP contribution in [-0.2, 0) is 6.54 Å². The number of nitrogens with one attached hydrogen (secondary N) is 1. The Morgan fingerprint density at radius 2 is 2.15 bits per heavy atom. The van der Waals surface area contributed by atoms with Crippen molar-refractivity contribution in [1.29, 1.82) is 0 Å². The summed E-state index contributed by atoms with van der Waals surface area (Å²) in [6.07, 6.45) is 0. The lowest BCUT2D eigenvalue weighted by Gasteiger charge is -2.01. The van der Waals surface area contributed by atoms with Crippen molar-refractivity contribution in [2.75, 3.05) is 18.9 Å². The summed E-state index contributed by atoms with van der Waals surface area (Å²) in [6.45, 7) is 1.35. The maximum absolute atomic E-state index is 10.7. The summed E-state index contributed by atoms with van der Waals surface area (Å²) in [5.74, 6) is 0. The highest BCUT2D eigenvalue weighted by molar-refractivity contribution is 7.15. The normalized spacial score (nSPS) is 10.7. The van der Waals surface area contributed by atoms with Gasteiger partial charge in [0.15, 0.2) is 0 Å². The Morgan fingerprint density at radius 1 is 1.35 bits per heavy atom. The summed E-state index contributed by atoms with van der Waals surface area (Å²) >= 11 is 1.59. The summed E-state index contributed by atoms with van der Waals surface area (Å²) in [5, 5.41) is 22.5. The predicted octanol–water partition coefficient (Wildman–Crippen LogP) is 1.99. The molecule has 4 N–H and O–H groups in total. The molecular weight excluding hydrogens is 278 g/mol. The number of hydrogen-bond acceptors (Lipinski definition) is 6. The molecule has 0 aliphatic rings. The van der Waals surface area contributed by atoms with E-state index in [1.807, 2.05) is 12.1 Å². The first kappa shape index (κ1) is 14.4. The molecule has 1 aromatic carbocycles. The number of nitro benzene ring substituents is 1. The summed E-state index contributed by atoms with van der Waals surface area (Å²) in [7, 11) is 0. The Hall–Kier alpha value is -1.96. The molecule has 0 spiro atoms. The van der Waals surface area contributed by atoms with Crippen LogP contribution < -0.4 is 11.1 Å². The molecule has 0 fully saturated rings. The van der Waals surface area contributed by atoms with E-state index in [9.17, 15) is 10.1 Å². The van der Waals surface area contributed by atoms with Crippen molar-refractivity contribution in [2.24, 2.45) is 0 Å². The first-order valence-electron chi connectivity index (χ1n) is 6.06. The lowest BCUT2D eigenvalue weighted by Crippen LogP contribution is -2.16. The molecule has 0 aliphatic heterocycles. The minimum absolute atomic E-state index is 0.0739. The largest absolute Gasteiger partial charge is 0.395 e. The van der Waals surface area contributed by atoms with Crippen LogP contribution in [0.15, 0.2) is 30.3 Å². The molecule has 7 heteroatoms. The fourth-order valence-electron chi connectivity index (χ4n) is 1.79. The zero-order valence-electron chi connectivity index (χ0n) is 10.7. The molecule has 0 radical (unpaired) electrons. The van der Waals surface area contributed by atoms with Crippen molar-refractivity contribution in [2.45, 2.75) is 6.54 Å². The number of aliphatic hydroxyl groups excluding tert-OH is 1. The molecule has 1 heterocycles.